The SMILES string of the molecule is C[C@@H]1COCCN1c1cc(=O)n2c(n1)N(Cc1ccn(C(F)F)n1)[C@H](C(F)(F)F)CC2. The first kappa shape index (κ1) is 21.5. The van der Waals surface area contributed by atoms with E-state index in [1.54, 1.807) is 0 Å². The Morgan fingerprint density at radius 1 is 1.29 bits per heavy atom. The number of nitrogens with zero attached hydrogens (tertiary/aromatic N) is 6. The Labute approximate surface area is 173 Å². The first-order valence-corrected chi connectivity index (χ1v) is 9.77. The summed E-state index contributed by atoms with van der Waals surface area (Å²) >= 11 is 0. The average molecular weight is 448 g/mol. The van der Waals surface area contributed by atoms with Gasteiger partial charge in [-0.25, -0.2) is 4.68 Å². The molecule has 0 N–H and O–H groups in total. The lowest BCUT2D eigenvalue weighted by atomic mass is 10.1. The summed E-state index contributed by atoms with van der Waals surface area (Å²) in [7, 11) is 0. The smallest absolute Gasteiger partial charge is 0.377 e. The highest BCUT2D eigenvalue weighted by molar-refractivity contribution is 5.47. The fraction of sp³-hybridized carbons (Fsp3) is 0.611. The van der Waals surface area contributed by atoms with E-state index in [1.165, 1.54) is 16.7 Å². The Balaban J connectivity index is 1.76. The molecule has 2 aliphatic rings. The van der Waals surface area contributed by atoms with Gasteiger partial charge in [0.1, 0.15) is 11.9 Å². The van der Waals surface area contributed by atoms with Crippen molar-refractivity contribution in [1.82, 2.24) is 19.3 Å². The molecule has 0 spiro atoms. The summed E-state index contributed by atoms with van der Waals surface area (Å²) in [5.74, 6) is 0.111. The lowest BCUT2D eigenvalue weighted by Crippen LogP contribution is -2.52. The Bertz CT molecular complexity index is 991. The van der Waals surface area contributed by atoms with Gasteiger partial charge in [0.15, 0.2) is 0 Å². The van der Waals surface area contributed by atoms with Crippen molar-refractivity contribution in [2.75, 3.05) is 29.6 Å². The molecule has 8 nitrogen and oxygen atoms in total. The first-order chi connectivity index (χ1) is 14.6. The normalized spacial score (nSPS) is 22.2. The van der Waals surface area contributed by atoms with Crippen molar-refractivity contribution < 1.29 is 26.7 Å². The second-order valence-corrected chi connectivity index (χ2v) is 7.56. The molecule has 0 bridgehead atoms. The second-order valence-electron chi connectivity index (χ2n) is 7.56. The molecular formula is C18H21F5N6O2. The summed E-state index contributed by atoms with van der Waals surface area (Å²) in [5.41, 5.74) is -0.454. The summed E-state index contributed by atoms with van der Waals surface area (Å²) in [4.78, 5) is 19.9. The quantitative estimate of drug-likeness (QED) is 0.670. The molecule has 0 radical (unpaired) electrons. The zero-order chi connectivity index (χ0) is 22.3. The molecular weight excluding hydrogens is 427 g/mol. The molecule has 1 fully saturated rings. The van der Waals surface area contributed by atoms with Gasteiger partial charge in [0.05, 0.1) is 31.5 Å². The maximum absolute atomic E-state index is 13.8. The predicted octanol–water partition coefficient (Wildman–Crippen LogP) is 2.40. The van der Waals surface area contributed by atoms with Gasteiger partial charge >= 0.3 is 12.7 Å². The third kappa shape index (κ3) is 4.23. The molecule has 4 heterocycles. The van der Waals surface area contributed by atoms with E-state index in [9.17, 15) is 26.7 Å². The first-order valence-electron chi connectivity index (χ1n) is 9.77. The number of aromatic nitrogens is 4. The number of alkyl halides is 5. The lowest BCUT2D eigenvalue weighted by molar-refractivity contribution is -0.153. The number of morpholine rings is 1. The van der Waals surface area contributed by atoms with Crippen LogP contribution in [0.5, 0.6) is 0 Å². The van der Waals surface area contributed by atoms with Crippen LogP contribution >= 0.6 is 0 Å². The number of rotatable bonds is 4. The van der Waals surface area contributed by atoms with E-state index in [1.807, 2.05) is 11.8 Å². The van der Waals surface area contributed by atoms with Gasteiger partial charge in [0.2, 0.25) is 5.95 Å². The number of hydrogen-bond acceptors (Lipinski definition) is 6. The van der Waals surface area contributed by atoms with Gasteiger partial charge in [-0.3, -0.25) is 9.36 Å². The van der Waals surface area contributed by atoms with Gasteiger partial charge in [0.25, 0.3) is 5.56 Å². The summed E-state index contributed by atoms with van der Waals surface area (Å²) in [5, 5.41) is 3.66. The predicted molar refractivity (Wildman–Crippen MR) is 100 cm³/mol. The standard InChI is InChI=1S/C18H21F5N6O2/c1-11-10-31-7-6-26(11)14-8-15(30)27-4-3-13(18(21,22)23)28(17(27)24-14)9-12-2-5-29(25-12)16(19)20/h2,5,8,11,13,16H,3-4,6-7,9-10H2,1H3/t11-,13+/m1/s1. The molecule has 0 amide bonds. The van der Waals surface area contributed by atoms with Crippen molar-refractivity contribution in [3.63, 3.8) is 0 Å². The molecule has 13 heteroatoms. The summed E-state index contributed by atoms with van der Waals surface area (Å²) in [6, 6.07) is 0.502. The van der Waals surface area contributed by atoms with Crippen LogP contribution in [0.25, 0.3) is 0 Å². The van der Waals surface area contributed by atoms with Crippen molar-refractivity contribution in [2.45, 2.75) is 51.2 Å². The minimum absolute atomic E-state index is 0.0161. The van der Waals surface area contributed by atoms with Crippen LogP contribution in [0, 0.1) is 0 Å². The fourth-order valence-electron chi connectivity index (χ4n) is 3.94. The minimum Gasteiger partial charge on any atom is -0.377 e. The Hall–Kier alpha value is -2.70. The summed E-state index contributed by atoms with van der Waals surface area (Å²) in [6.45, 7) is -0.352. The molecule has 2 atom stereocenters. The van der Waals surface area contributed by atoms with Gasteiger partial charge in [-0.1, -0.05) is 0 Å². The van der Waals surface area contributed by atoms with Crippen LogP contribution < -0.4 is 15.4 Å². The highest BCUT2D eigenvalue weighted by Gasteiger charge is 2.47. The Kier molecular flexibility index (Phi) is 5.62. The van der Waals surface area contributed by atoms with E-state index in [4.69, 9.17) is 4.74 Å². The molecule has 2 aromatic heterocycles. The van der Waals surface area contributed by atoms with Gasteiger partial charge < -0.3 is 14.5 Å². The molecule has 1 saturated heterocycles. The van der Waals surface area contributed by atoms with E-state index >= 15 is 0 Å². The third-order valence-electron chi connectivity index (χ3n) is 5.47. The number of fused-ring (bicyclic) bond motifs is 1. The molecule has 31 heavy (non-hydrogen) atoms. The molecule has 0 unspecified atom stereocenters. The van der Waals surface area contributed by atoms with Crippen LogP contribution in [-0.4, -0.2) is 57.4 Å². The largest absolute Gasteiger partial charge is 0.408 e. The molecule has 0 saturated carbocycles. The summed E-state index contributed by atoms with van der Waals surface area (Å²) < 4.78 is 74.0. The topological polar surface area (TPSA) is 68.4 Å². The van der Waals surface area contributed by atoms with Gasteiger partial charge in [-0.15, -0.1) is 0 Å². The Morgan fingerprint density at radius 2 is 2.06 bits per heavy atom. The van der Waals surface area contributed by atoms with Crippen LogP contribution in [0.1, 0.15) is 25.6 Å². The van der Waals surface area contributed by atoms with Crippen LogP contribution in [0.4, 0.5) is 33.7 Å². The zero-order valence-corrected chi connectivity index (χ0v) is 16.6. The average Bonchev–Trinajstić information content (AvgIpc) is 3.17. The highest BCUT2D eigenvalue weighted by Crippen LogP contribution is 2.35. The van der Waals surface area contributed by atoms with Crippen LogP contribution in [0.2, 0.25) is 0 Å². The number of halogens is 5. The maximum atomic E-state index is 13.8. The highest BCUT2D eigenvalue weighted by atomic mass is 19.4. The molecule has 2 aromatic rings. The van der Waals surface area contributed by atoms with Crippen molar-refractivity contribution in [3.05, 3.63) is 34.4 Å². The fourth-order valence-corrected chi connectivity index (χ4v) is 3.94. The summed E-state index contributed by atoms with van der Waals surface area (Å²) in [6.07, 6.45) is -3.96. The van der Waals surface area contributed by atoms with E-state index in [2.05, 4.69) is 10.1 Å². The molecule has 2 aliphatic heterocycles. The van der Waals surface area contributed by atoms with Crippen LogP contribution in [0.3, 0.4) is 0 Å². The molecule has 170 valence electrons. The lowest BCUT2D eigenvalue weighted by Gasteiger charge is -2.40. The van der Waals surface area contributed by atoms with Gasteiger partial charge in [-0.05, 0) is 19.4 Å². The maximum Gasteiger partial charge on any atom is 0.408 e. The van der Waals surface area contributed by atoms with Crippen LogP contribution in [-0.2, 0) is 17.8 Å². The third-order valence-corrected chi connectivity index (χ3v) is 5.47. The Morgan fingerprint density at radius 3 is 2.71 bits per heavy atom. The van der Waals surface area contributed by atoms with Crippen LogP contribution in [0.15, 0.2) is 23.1 Å². The molecule has 4 rings (SSSR count). The minimum atomic E-state index is -4.60. The number of hydrogen-bond donors (Lipinski definition) is 0. The van der Waals surface area contributed by atoms with Crippen molar-refractivity contribution in [2.24, 2.45) is 0 Å². The van der Waals surface area contributed by atoms with Gasteiger partial charge in [-0.2, -0.15) is 32.0 Å². The van der Waals surface area contributed by atoms with Crippen molar-refractivity contribution in [1.29, 1.82) is 0 Å². The number of ether oxygens (including phenoxy) is 1. The molecule has 0 aromatic carbocycles. The molecule has 0 aliphatic carbocycles. The van der Waals surface area contributed by atoms with Gasteiger partial charge in [0, 0.05) is 25.4 Å². The van der Waals surface area contributed by atoms with E-state index in [0.717, 1.165) is 11.1 Å². The van der Waals surface area contributed by atoms with E-state index in [-0.39, 0.29) is 36.5 Å². The number of anilines is 2. The van der Waals surface area contributed by atoms with E-state index in [0.29, 0.717) is 24.4 Å². The zero-order valence-electron chi connectivity index (χ0n) is 16.6. The monoisotopic (exact) mass is 448 g/mol. The van der Waals surface area contributed by atoms with Crippen molar-refractivity contribution >= 4 is 11.8 Å². The second kappa shape index (κ2) is 8.09. The van der Waals surface area contributed by atoms with Crippen molar-refractivity contribution in [3.8, 4) is 0 Å². The van der Waals surface area contributed by atoms with E-state index < -0.39 is 30.9 Å².